The van der Waals surface area contributed by atoms with Gasteiger partial charge >= 0.3 is 0 Å². The molecule has 1 rings (SSSR count). The number of ether oxygens (including phenoxy) is 1. The normalized spacial score (nSPS) is 14.0. The number of nitrogens with one attached hydrogen (secondary N) is 1. The van der Waals surface area contributed by atoms with Crippen LogP contribution in [-0.4, -0.2) is 28.2 Å². The van der Waals surface area contributed by atoms with Crippen LogP contribution in [0.15, 0.2) is 17.0 Å². The van der Waals surface area contributed by atoms with Crippen LogP contribution in [0.1, 0.15) is 82.9 Å². The Bertz CT molecular complexity index is 620. The zero-order valence-electron chi connectivity index (χ0n) is 16.3. The van der Waals surface area contributed by atoms with Gasteiger partial charge in [-0.3, -0.25) is 0 Å². The predicted octanol–water partition coefficient (Wildman–Crippen LogP) is 4.37. The molecule has 4 nitrogen and oxygen atoms in total. The molecule has 0 aromatic heterocycles. The molecular formula is C19H33NO3S. The van der Waals surface area contributed by atoms with E-state index in [2.05, 4.69) is 30.7 Å². The molecule has 1 aromatic rings. The van der Waals surface area contributed by atoms with Gasteiger partial charge in [0.2, 0.25) is 10.0 Å². The largest absolute Gasteiger partial charge is 0.383 e. The molecule has 0 radical (unpaired) electrons. The van der Waals surface area contributed by atoms with E-state index in [-0.39, 0.29) is 17.9 Å². The van der Waals surface area contributed by atoms with Crippen molar-refractivity contribution in [3.8, 4) is 0 Å². The molecule has 1 atom stereocenters. The Morgan fingerprint density at radius 1 is 0.917 bits per heavy atom. The number of hydrogen-bond acceptors (Lipinski definition) is 3. The Labute approximate surface area is 148 Å². The molecule has 0 bridgehead atoms. The van der Waals surface area contributed by atoms with Crippen LogP contribution in [0.3, 0.4) is 0 Å². The maximum Gasteiger partial charge on any atom is 0.241 e. The maximum absolute atomic E-state index is 13.1. The molecule has 0 fully saturated rings. The third-order valence-corrected chi connectivity index (χ3v) is 5.84. The van der Waals surface area contributed by atoms with E-state index in [9.17, 15) is 8.42 Å². The fourth-order valence-electron chi connectivity index (χ4n) is 2.81. The van der Waals surface area contributed by atoms with Crippen LogP contribution in [0.4, 0.5) is 0 Å². The van der Waals surface area contributed by atoms with Crippen molar-refractivity contribution in [3.05, 3.63) is 28.8 Å². The van der Waals surface area contributed by atoms with Gasteiger partial charge < -0.3 is 4.74 Å². The number of sulfonamides is 1. The highest BCUT2D eigenvalue weighted by molar-refractivity contribution is 7.89. The summed E-state index contributed by atoms with van der Waals surface area (Å²) in [7, 11) is -2.03. The summed E-state index contributed by atoms with van der Waals surface area (Å²) in [6.07, 6.45) is 0. The van der Waals surface area contributed by atoms with Crippen molar-refractivity contribution >= 4 is 10.0 Å². The number of methoxy groups -OCH3 is 1. The topological polar surface area (TPSA) is 55.4 Å². The molecule has 138 valence electrons. The zero-order chi connectivity index (χ0) is 18.7. The first-order chi connectivity index (χ1) is 11.0. The van der Waals surface area contributed by atoms with Gasteiger partial charge in [-0.05, 0) is 41.4 Å². The van der Waals surface area contributed by atoms with E-state index < -0.39 is 10.0 Å². The summed E-state index contributed by atoms with van der Waals surface area (Å²) in [6, 6.07) is 3.83. The van der Waals surface area contributed by atoms with E-state index in [0.717, 1.165) is 11.1 Å². The van der Waals surface area contributed by atoms with Crippen molar-refractivity contribution in [2.45, 2.75) is 77.2 Å². The van der Waals surface area contributed by atoms with Gasteiger partial charge in [0.15, 0.2) is 0 Å². The van der Waals surface area contributed by atoms with Gasteiger partial charge in [-0.15, -0.1) is 0 Å². The molecule has 0 aliphatic rings. The van der Waals surface area contributed by atoms with Gasteiger partial charge in [0.05, 0.1) is 11.5 Å². The summed E-state index contributed by atoms with van der Waals surface area (Å²) in [5.74, 6) is 0.619. The highest BCUT2D eigenvalue weighted by Crippen LogP contribution is 2.35. The van der Waals surface area contributed by atoms with Gasteiger partial charge in [0, 0.05) is 13.2 Å². The van der Waals surface area contributed by atoms with E-state index >= 15 is 0 Å². The number of rotatable bonds is 8. The zero-order valence-corrected chi connectivity index (χ0v) is 17.1. The second kappa shape index (κ2) is 8.45. The maximum atomic E-state index is 13.1. The van der Waals surface area contributed by atoms with E-state index in [1.807, 2.05) is 34.6 Å². The average molecular weight is 356 g/mol. The lowest BCUT2D eigenvalue weighted by molar-refractivity contribution is 0.180. The third kappa shape index (κ3) is 5.04. The third-order valence-electron chi connectivity index (χ3n) is 4.12. The molecule has 0 heterocycles. The lowest BCUT2D eigenvalue weighted by Gasteiger charge is -2.24. The van der Waals surface area contributed by atoms with Crippen molar-refractivity contribution < 1.29 is 13.2 Å². The summed E-state index contributed by atoms with van der Waals surface area (Å²) >= 11 is 0. The summed E-state index contributed by atoms with van der Waals surface area (Å²) in [4.78, 5) is 0.444. The molecule has 5 heteroatoms. The van der Waals surface area contributed by atoms with Gasteiger partial charge in [0.25, 0.3) is 0 Å². The molecule has 0 spiro atoms. The van der Waals surface area contributed by atoms with Crippen LogP contribution < -0.4 is 4.72 Å². The van der Waals surface area contributed by atoms with Gasteiger partial charge in [-0.2, -0.15) is 0 Å². The lowest BCUT2D eigenvalue weighted by atomic mass is 9.89. The minimum atomic E-state index is -3.61. The molecule has 0 saturated heterocycles. The lowest BCUT2D eigenvalue weighted by Crippen LogP contribution is -2.36. The van der Waals surface area contributed by atoms with Crippen LogP contribution in [-0.2, 0) is 14.8 Å². The highest BCUT2D eigenvalue weighted by Gasteiger charge is 2.27. The second-order valence-electron chi connectivity index (χ2n) is 7.47. The van der Waals surface area contributed by atoms with Crippen LogP contribution in [0.2, 0.25) is 0 Å². The fraction of sp³-hybridized carbons (Fsp3) is 0.684. The van der Waals surface area contributed by atoms with Crippen LogP contribution >= 0.6 is 0 Å². The first-order valence-corrected chi connectivity index (χ1v) is 10.2. The van der Waals surface area contributed by atoms with Crippen molar-refractivity contribution in [1.29, 1.82) is 0 Å². The minimum absolute atomic E-state index is 0.130. The minimum Gasteiger partial charge on any atom is -0.383 e. The van der Waals surface area contributed by atoms with Crippen LogP contribution in [0, 0.1) is 0 Å². The van der Waals surface area contributed by atoms with Crippen molar-refractivity contribution in [3.63, 3.8) is 0 Å². The van der Waals surface area contributed by atoms with Gasteiger partial charge in [0.1, 0.15) is 0 Å². The molecule has 1 N–H and O–H groups in total. The van der Waals surface area contributed by atoms with E-state index in [4.69, 9.17) is 4.74 Å². The molecular weight excluding hydrogens is 322 g/mol. The Kier molecular flexibility index (Phi) is 7.44. The van der Waals surface area contributed by atoms with E-state index in [1.165, 1.54) is 5.56 Å². The summed E-state index contributed by atoms with van der Waals surface area (Å²) in [5.41, 5.74) is 2.97. The molecule has 0 unspecified atom stereocenters. The smallest absolute Gasteiger partial charge is 0.241 e. The number of benzene rings is 1. The van der Waals surface area contributed by atoms with Crippen molar-refractivity contribution in [2.24, 2.45) is 0 Å². The van der Waals surface area contributed by atoms with Gasteiger partial charge in [-0.1, -0.05) is 53.7 Å². The second-order valence-corrected chi connectivity index (χ2v) is 9.12. The van der Waals surface area contributed by atoms with Crippen LogP contribution in [0.25, 0.3) is 0 Å². The Hall–Kier alpha value is -0.910. The molecule has 24 heavy (non-hydrogen) atoms. The molecule has 1 aromatic carbocycles. The Morgan fingerprint density at radius 2 is 1.38 bits per heavy atom. The number of hydrogen-bond donors (Lipinski definition) is 1. The predicted molar refractivity (Wildman–Crippen MR) is 100 cm³/mol. The first kappa shape index (κ1) is 21.1. The SMILES string of the molecule is COC[C@H](C)NS(=O)(=O)c1c(C(C)C)cc(C(C)C)cc1C(C)C. The van der Waals surface area contributed by atoms with Crippen molar-refractivity contribution in [2.75, 3.05) is 13.7 Å². The average Bonchev–Trinajstić information content (AvgIpc) is 2.45. The fourth-order valence-corrected chi connectivity index (χ4v) is 4.73. The Morgan fingerprint density at radius 3 is 1.71 bits per heavy atom. The standard InChI is InChI=1S/C19H33NO3S/c1-12(2)16-9-17(13(3)4)19(18(10-16)14(5)6)24(21,22)20-15(7)11-23-8/h9-10,12-15,20H,11H2,1-8H3/t15-/m0/s1. The Balaban J connectivity index is 3.59. The molecule has 0 aliphatic heterocycles. The molecule has 0 saturated carbocycles. The summed E-state index contributed by atoms with van der Waals surface area (Å²) in [5, 5.41) is 0. The van der Waals surface area contributed by atoms with E-state index in [1.54, 1.807) is 7.11 Å². The van der Waals surface area contributed by atoms with E-state index in [0.29, 0.717) is 17.4 Å². The van der Waals surface area contributed by atoms with Crippen molar-refractivity contribution in [1.82, 2.24) is 4.72 Å². The molecule has 0 aliphatic carbocycles. The summed E-state index contributed by atoms with van der Waals surface area (Å²) in [6.45, 7) is 14.6. The molecule has 0 amide bonds. The highest BCUT2D eigenvalue weighted by atomic mass is 32.2. The summed E-state index contributed by atoms with van der Waals surface area (Å²) < 4.78 is 34.0. The quantitative estimate of drug-likeness (QED) is 0.753. The first-order valence-electron chi connectivity index (χ1n) is 8.70. The van der Waals surface area contributed by atoms with Crippen LogP contribution in [0.5, 0.6) is 0 Å². The monoisotopic (exact) mass is 355 g/mol. The van der Waals surface area contributed by atoms with Gasteiger partial charge in [-0.25, -0.2) is 13.1 Å².